The van der Waals surface area contributed by atoms with E-state index in [0.717, 1.165) is 18.5 Å². The lowest BCUT2D eigenvalue weighted by molar-refractivity contribution is -0.889. The van der Waals surface area contributed by atoms with E-state index < -0.39 is 30.5 Å². The van der Waals surface area contributed by atoms with Crippen molar-refractivity contribution in [2.24, 2.45) is 10.2 Å². The van der Waals surface area contributed by atoms with E-state index in [-0.39, 0.29) is 17.6 Å². The molecule has 0 aliphatic heterocycles. The molecule has 0 spiro atoms. The van der Waals surface area contributed by atoms with Crippen LogP contribution in [0.15, 0.2) is 58.8 Å². The fraction of sp³-hybridized carbons (Fsp3) is 0.536. The van der Waals surface area contributed by atoms with Gasteiger partial charge in [0, 0.05) is 0 Å². The predicted molar refractivity (Wildman–Crippen MR) is 141 cm³/mol. The minimum Gasteiger partial charge on any atom is -0.488 e. The molecular weight excluding hydrogens is 557 g/mol. The van der Waals surface area contributed by atoms with Crippen LogP contribution in [0.3, 0.4) is 0 Å². The van der Waals surface area contributed by atoms with E-state index in [1.54, 1.807) is 38.4 Å². The number of alkyl halides is 7. The number of amides is 1. The molecule has 0 aromatic heterocycles. The van der Waals surface area contributed by atoms with Crippen LogP contribution in [0.1, 0.15) is 38.2 Å². The largest absolute Gasteiger partial charge is 0.488 e. The molecule has 2 rings (SSSR count). The van der Waals surface area contributed by atoms with Gasteiger partial charge in [-0.1, -0.05) is 38.3 Å². The molecule has 0 saturated carbocycles. The zero-order chi connectivity index (χ0) is 30.7. The standard InChI is InChI=1S/C28H35F7N4O2/c1-4-5-6-7-8-21-9-11-22(12-10-21)37-38-23-13-15-24(16-14-23)41-20-19-39(2,3)18-17-36-25(40)26(29,30)27(31,32)28(33,34)35/h9-16H,4-8,17-20H2,1-3H3/p+1. The topological polar surface area (TPSA) is 63.1 Å². The highest BCUT2D eigenvalue weighted by Crippen LogP contribution is 2.46. The minimum absolute atomic E-state index is 0.0259. The summed E-state index contributed by atoms with van der Waals surface area (Å²) in [5.41, 5.74) is 2.61. The number of carbonyl (C=O) groups is 1. The van der Waals surface area contributed by atoms with Crippen molar-refractivity contribution in [1.29, 1.82) is 0 Å². The van der Waals surface area contributed by atoms with Gasteiger partial charge < -0.3 is 14.5 Å². The molecule has 0 saturated heterocycles. The van der Waals surface area contributed by atoms with Gasteiger partial charge in [0.1, 0.15) is 18.9 Å². The molecule has 0 radical (unpaired) electrons. The summed E-state index contributed by atoms with van der Waals surface area (Å²) < 4.78 is 95.3. The number of nitrogens with zero attached hydrogens (tertiary/aromatic N) is 3. The maximum atomic E-state index is 13.4. The number of carbonyl (C=O) groups excluding carboxylic acids is 1. The number of nitrogens with one attached hydrogen (secondary N) is 1. The predicted octanol–water partition coefficient (Wildman–Crippen LogP) is 7.63. The molecule has 0 bridgehead atoms. The first-order valence-corrected chi connectivity index (χ1v) is 13.3. The SMILES string of the molecule is CCCCCCc1ccc(N=Nc2ccc(OCC[N+](C)(C)CCNC(=O)C(F)(F)C(F)(F)C(F)(F)F)cc2)cc1. The molecule has 0 aliphatic carbocycles. The number of ether oxygens (including phenoxy) is 1. The molecule has 228 valence electrons. The highest BCUT2D eigenvalue weighted by Gasteiger charge is 2.76. The molecule has 0 atom stereocenters. The van der Waals surface area contributed by atoms with Crippen LogP contribution in [-0.2, 0) is 11.2 Å². The Balaban J connectivity index is 1.76. The molecule has 0 fully saturated rings. The van der Waals surface area contributed by atoms with Gasteiger partial charge in [0.15, 0.2) is 0 Å². The summed E-state index contributed by atoms with van der Waals surface area (Å²) in [5.74, 6) is -14.6. The van der Waals surface area contributed by atoms with Gasteiger partial charge in [0.05, 0.1) is 38.6 Å². The second kappa shape index (κ2) is 14.6. The number of hydrogen-bond acceptors (Lipinski definition) is 4. The van der Waals surface area contributed by atoms with Gasteiger partial charge in [0.2, 0.25) is 0 Å². The molecule has 13 heteroatoms. The first kappa shape index (κ1) is 34.0. The summed E-state index contributed by atoms with van der Waals surface area (Å²) in [7, 11) is 3.31. The average Bonchev–Trinajstić information content (AvgIpc) is 2.90. The monoisotopic (exact) mass is 593 g/mol. The molecule has 1 amide bonds. The Kier molecular flexibility index (Phi) is 12.1. The summed E-state index contributed by atoms with van der Waals surface area (Å²) in [6, 6.07) is 14.8. The lowest BCUT2D eigenvalue weighted by atomic mass is 10.1. The van der Waals surface area contributed by atoms with Gasteiger partial charge in [-0.3, -0.25) is 4.79 Å². The second-order valence-electron chi connectivity index (χ2n) is 10.3. The van der Waals surface area contributed by atoms with Gasteiger partial charge in [-0.2, -0.15) is 41.0 Å². The Morgan fingerprint density at radius 1 is 0.829 bits per heavy atom. The molecule has 0 heterocycles. The molecule has 0 aliphatic rings. The molecule has 2 aromatic carbocycles. The summed E-state index contributed by atoms with van der Waals surface area (Å²) in [4.78, 5) is 11.4. The van der Waals surface area contributed by atoms with Crippen LogP contribution in [0.4, 0.5) is 42.1 Å². The highest BCUT2D eigenvalue weighted by atomic mass is 19.4. The van der Waals surface area contributed by atoms with E-state index in [9.17, 15) is 35.5 Å². The number of rotatable bonds is 16. The number of benzene rings is 2. The highest BCUT2D eigenvalue weighted by molar-refractivity contribution is 5.84. The maximum Gasteiger partial charge on any atom is 0.460 e. The van der Waals surface area contributed by atoms with Crippen molar-refractivity contribution in [3.63, 3.8) is 0 Å². The van der Waals surface area contributed by atoms with Crippen molar-refractivity contribution < 1.29 is 44.7 Å². The molecule has 41 heavy (non-hydrogen) atoms. The molecule has 1 N–H and O–H groups in total. The van der Waals surface area contributed by atoms with Gasteiger partial charge in [0.25, 0.3) is 5.91 Å². The fourth-order valence-electron chi connectivity index (χ4n) is 3.64. The zero-order valence-electron chi connectivity index (χ0n) is 23.3. The van der Waals surface area contributed by atoms with Crippen molar-refractivity contribution in [3.05, 3.63) is 54.1 Å². The van der Waals surface area contributed by atoms with Gasteiger partial charge >= 0.3 is 18.0 Å². The Morgan fingerprint density at radius 2 is 1.39 bits per heavy atom. The second-order valence-corrected chi connectivity index (χ2v) is 10.3. The molecule has 2 aromatic rings. The van der Waals surface area contributed by atoms with E-state index in [1.165, 1.54) is 30.1 Å². The Morgan fingerprint density at radius 3 is 1.93 bits per heavy atom. The van der Waals surface area contributed by atoms with E-state index in [4.69, 9.17) is 4.74 Å². The molecular formula is C28H36F7N4O2+. The quantitative estimate of drug-likeness (QED) is 0.0942. The third-order valence-electron chi connectivity index (χ3n) is 6.38. The summed E-state index contributed by atoms with van der Waals surface area (Å²) in [6.45, 7) is 2.11. The van der Waals surface area contributed by atoms with Gasteiger partial charge in [-0.15, -0.1) is 0 Å². The van der Waals surface area contributed by atoms with Crippen LogP contribution >= 0.6 is 0 Å². The number of quaternary nitrogens is 1. The van der Waals surface area contributed by atoms with Gasteiger partial charge in [-0.25, -0.2) is 0 Å². The molecule has 6 nitrogen and oxygen atoms in total. The normalized spacial score (nSPS) is 13.0. The van der Waals surface area contributed by atoms with Crippen LogP contribution in [-0.4, -0.2) is 68.7 Å². The lowest BCUT2D eigenvalue weighted by Crippen LogP contribution is -2.60. The first-order valence-electron chi connectivity index (χ1n) is 13.3. The van der Waals surface area contributed by atoms with Crippen molar-refractivity contribution in [2.75, 3.05) is 40.3 Å². The number of aryl methyl sites for hydroxylation is 1. The molecule has 0 unspecified atom stereocenters. The zero-order valence-corrected chi connectivity index (χ0v) is 23.3. The van der Waals surface area contributed by atoms with Crippen LogP contribution < -0.4 is 10.1 Å². The van der Waals surface area contributed by atoms with Crippen LogP contribution in [0.25, 0.3) is 0 Å². The van der Waals surface area contributed by atoms with Crippen molar-refractivity contribution in [1.82, 2.24) is 5.32 Å². The van der Waals surface area contributed by atoms with E-state index in [0.29, 0.717) is 18.0 Å². The smallest absolute Gasteiger partial charge is 0.460 e. The van der Waals surface area contributed by atoms with Crippen molar-refractivity contribution >= 4 is 17.3 Å². The van der Waals surface area contributed by atoms with Crippen LogP contribution in [0.2, 0.25) is 0 Å². The minimum atomic E-state index is -6.57. The number of azo groups is 1. The van der Waals surface area contributed by atoms with Crippen molar-refractivity contribution in [3.8, 4) is 5.75 Å². The first-order chi connectivity index (χ1) is 19.1. The van der Waals surface area contributed by atoms with Gasteiger partial charge in [-0.05, 0) is 54.8 Å². The number of unbranched alkanes of at least 4 members (excludes halogenated alkanes) is 3. The Bertz CT molecular complexity index is 1120. The van der Waals surface area contributed by atoms with Crippen LogP contribution in [0, 0.1) is 0 Å². The van der Waals surface area contributed by atoms with Crippen LogP contribution in [0.5, 0.6) is 5.75 Å². The number of halogens is 7. The Hall–Kier alpha value is -3.22. The fourth-order valence-corrected chi connectivity index (χ4v) is 3.64. The Labute approximate surface area is 235 Å². The number of likely N-dealkylation sites (N-methyl/N-ethyl adjacent to an activating group) is 1. The summed E-state index contributed by atoms with van der Waals surface area (Å²) >= 11 is 0. The third-order valence-corrected chi connectivity index (χ3v) is 6.38. The summed E-state index contributed by atoms with van der Waals surface area (Å²) in [6.07, 6.45) is -0.696. The lowest BCUT2D eigenvalue weighted by Gasteiger charge is -2.31. The third kappa shape index (κ3) is 10.3. The number of hydrogen-bond donors (Lipinski definition) is 1. The van der Waals surface area contributed by atoms with E-state index >= 15 is 0 Å². The maximum absolute atomic E-state index is 13.4. The van der Waals surface area contributed by atoms with E-state index in [2.05, 4.69) is 17.2 Å². The van der Waals surface area contributed by atoms with E-state index in [1.807, 2.05) is 24.3 Å². The average molecular weight is 594 g/mol. The summed E-state index contributed by atoms with van der Waals surface area (Å²) in [5, 5.41) is 9.92. The van der Waals surface area contributed by atoms with Crippen molar-refractivity contribution in [2.45, 2.75) is 57.0 Å².